The largest absolute Gasteiger partial charge is 0.338 e. The SMILES string of the molecule is O=C(N[C@@H]1C(=O)NN[C@@H]1c1cccc2ccccc12)c1ccccc1. The monoisotopic (exact) mass is 331 g/mol. The Morgan fingerprint density at radius 3 is 2.44 bits per heavy atom. The Hall–Kier alpha value is -3.18. The number of benzene rings is 3. The first-order chi connectivity index (χ1) is 12.2. The van der Waals surface area contributed by atoms with E-state index >= 15 is 0 Å². The van der Waals surface area contributed by atoms with E-state index in [1.165, 1.54) is 0 Å². The molecule has 3 aromatic carbocycles. The third kappa shape index (κ3) is 2.86. The maximum absolute atomic E-state index is 12.5. The summed E-state index contributed by atoms with van der Waals surface area (Å²) in [6, 6.07) is 21.8. The lowest BCUT2D eigenvalue weighted by molar-refractivity contribution is -0.121. The molecule has 2 amide bonds. The quantitative estimate of drug-likeness (QED) is 0.690. The molecule has 3 aromatic rings. The van der Waals surface area contributed by atoms with Crippen molar-refractivity contribution in [1.29, 1.82) is 0 Å². The van der Waals surface area contributed by atoms with Crippen molar-refractivity contribution in [2.75, 3.05) is 0 Å². The lowest BCUT2D eigenvalue weighted by Gasteiger charge is -2.20. The molecule has 0 saturated carbocycles. The molecule has 0 spiro atoms. The van der Waals surface area contributed by atoms with Crippen molar-refractivity contribution < 1.29 is 9.59 Å². The summed E-state index contributed by atoms with van der Waals surface area (Å²) in [7, 11) is 0. The van der Waals surface area contributed by atoms with Crippen molar-refractivity contribution >= 4 is 22.6 Å². The second-order valence-electron chi connectivity index (χ2n) is 6.00. The predicted molar refractivity (Wildman–Crippen MR) is 95.7 cm³/mol. The van der Waals surface area contributed by atoms with E-state index < -0.39 is 6.04 Å². The molecule has 0 aliphatic carbocycles. The van der Waals surface area contributed by atoms with Gasteiger partial charge in [0, 0.05) is 5.56 Å². The van der Waals surface area contributed by atoms with Crippen molar-refractivity contribution in [3.05, 3.63) is 83.9 Å². The highest BCUT2D eigenvalue weighted by molar-refractivity contribution is 5.98. The molecule has 25 heavy (non-hydrogen) atoms. The molecular weight excluding hydrogens is 314 g/mol. The molecule has 4 rings (SSSR count). The third-order valence-corrected chi connectivity index (χ3v) is 4.45. The van der Waals surface area contributed by atoms with Crippen LogP contribution in [0, 0.1) is 0 Å². The van der Waals surface area contributed by atoms with Gasteiger partial charge in [0.25, 0.3) is 11.8 Å². The summed E-state index contributed by atoms with van der Waals surface area (Å²) in [5, 5.41) is 4.99. The van der Waals surface area contributed by atoms with Gasteiger partial charge in [0.2, 0.25) is 0 Å². The van der Waals surface area contributed by atoms with Gasteiger partial charge in [0.15, 0.2) is 0 Å². The molecule has 5 heteroatoms. The molecule has 1 aliphatic heterocycles. The van der Waals surface area contributed by atoms with E-state index in [0.29, 0.717) is 5.56 Å². The normalized spacial score (nSPS) is 19.6. The van der Waals surface area contributed by atoms with Crippen LogP contribution in [0.4, 0.5) is 0 Å². The lowest BCUT2D eigenvalue weighted by atomic mass is 9.95. The van der Waals surface area contributed by atoms with Gasteiger partial charge < -0.3 is 5.32 Å². The molecule has 1 fully saturated rings. The topological polar surface area (TPSA) is 70.2 Å². The Balaban J connectivity index is 1.67. The second-order valence-corrected chi connectivity index (χ2v) is 6.00. The Kier molecular flexibility index (Phi) is 3.91. The van der Waals surface area contributed by atoms with Crippen molar-refractivity contribution in [3.8, 4) is 0 Å². The predicted octanol–water partition coefficient (Wildman–Crippen LogP) is 2.31. The van der Waals surface area contributed by atoms with E-state index in [2.05, 4.69) is 16.2 Å². The van der Waals surface area contributed by atoms with Crippen LogP contribution in [0.25, 0.3) is 10.8 Å². The third-order valence-electron chi connectivity index (χ3n) is 4.45. The van der Waals surface area contributed by atoms with Gasteiger partial charge in [-0.05, 0) is 28.5 Å². The summed E-state index contributed by atoms with van der Waals surface area (Å²) in [5.41, 5.74) is 7.14. The number of rotatable bonds is 3. The minimum atomic E-state index is -0.682. The Labute approximate surface area is 145 Å². The molecule has 0 unspecified atom stereocenters. The molecule has 0 radical (unpaired) electrons. The maximum atomic E-state index is 12.5. The molecule has 1 heterocycles. The first-order valence-electron chi connectivity index (χ1n) is 8.13. The minimum absolute atomic E-state index is 0.248. The molecule has 2 atom stereocenters. The fourth-order valence-corrected chi connectivity index (χ4v) is 3.20. The van der Waals surface area contributed by atoms with Gasteiger partial charge in [-0.1, -0.05) is 60.7 Å². The minimum Gasteiger partial charge on any atom is -0.338 e. The zero-order chi connectivity index (χ0) is 17.2. The van der Waals surface area contributed by atoms with Gasteiger partial charge in [-0.2, -0.15) is 0 Å². The van der Waals surface area contributed by atoms with E-state index in [0.717, 1.165) is 16.3 Å². The number of carbonyl (C=O) groups excluding carboxylic acids is 2. The van der Waals surface area contributed by atoms with Crippen LogP contribution in [0.5, 0.6) is 0 Å². The van der Waals surface area contributed by atoms with E-state index in [-0.39, 0.29) is 17.9 Å². The zero-order valence-electron chi connectivity index (χ0n) is 13.4. The average molecular weight is 331 g/mol. The van der Waals surface area contributed by atoms with Crippen LogP contribution in [-0.2, 0) is 4.79 Å². The highest BCUT2D eigenvalue weighted by Crippen LogP contribution is 2.28. The molecule has 0 bridgehead atoms. The van der Waals surface area contributed by atoms with Crippen LogP contribution in [0.15, 0.2) is 72.8 Å². The van der Waals surface area contributed by atoms with Crippen molar-refractivity contribution in [1.82, 2.24) is 16.2 Å². The van der Waals surface area contributed by atoms with Crippen LogP contribution in [-0.4, -0.2) is 17.9 Å². The molecule has 1 saturated heterocycles. The van der Waals surface area contributed by atoms with Gasteiger partial charge in [-0.15, -0.1) is 0 Å². The molecule has 124 valence electrons. The summed E-state index contributed by atoms with van der Waals surface area (Å²) in [6.45, 7) is 0. The van der Waals surface area contributed by atoms with Gasteiger partial charge in [-0.25, -0.2) is 5.43 Å². The summed E-state index contributed by atoms with van der Waals surface area (Å²) in [5.74, 6) is -0.517. The summed E-state index contributed by atoms with van der Waals surface area (Å²) in [6.07, 6.45) is 0. The fraction of sp³-hybridized carbons (Fsp3) is 0.100. The highest BCUT2D eigenvalue weighted by Gasteiger charge is 2.37. The van der Waals surface area contributed by atoms with E-state index in [1.807, 2.05) is 48.5 Å². The van der Waals surface area contributed by atoms with Gasteiger partial charge >= 0.3 is 0 Å². The smallest absolute Gasteiger partial charge is 0.258 e. The number of hydrazine groups is 1. The van der Waals surface area contributed by atoms with Crippen molar-refractivity contribution in [2.24, 2.45) is 0 Å². The van der Waals surface area contributed by atoms with Crippen LogP contribution in [0.2, 0.25) is 0 Å². The summed E-state index contributed by atoms with van der Waals surface area (Å²) < 4.78 is 0. The average Bonchev–Trinajstić information content (AvgIpc) is 3.02. The van der Waals surface area contributed by atoms with Crippen molar-refractivity contribution in [3.63, 3.8) is 0 Å². The first-order valence-corrected chi connectivity index (χ1v) is 8.13. The van der Waals surface area contributed by atoms with Gasteiger partial charge in [0.1, 0.15) is 6.04 Å². The lowest BCUT2D eigenvalue weighted by Crippen LogP contribution is -2.42. The van der Waals surface area contributed by atoms with E-state index in [9.17, 15) is 9.59 Å². The molecule has 3 N–H and O–H groups in total. The van der Waals surface area contributed by atoms with Crippen LogP contribution < -0.4 is 16.2 Å². The number of nitrogens with one attached hydrogen (secondary N) is 3. The Bertz CT molecular complexity index is 935. The summed E-state index contributed by atoms with van der Waals surface area (Å²) >= 11 is 0. The number of amides is 2. The molecule has 1 aliphatic rings. The first kappa shape index (κ1) is 15.4. The van der Waals surface area contributed by atoms with Crippen LogP contribution in [0.3, 0.4) is 0 Å². The van der Waals surface area contributed by atoms with E-state index in [1.54, 1.807) is 24.3 Å². The molecule has 0 aromatic heterocycles. The number of hydrogen-bond acceptors (Lipinski definition) is 3. The van der Waals surface area contributed by atoms with Gasteiger partial charge in [0.05, 0.1) is 6.04 Å². The van der Waals surface area contributed by atoms with E-state index in [4.69, 9.17) is 0 Å². The summed E-state index contributed by atoms with van der Waals surface area (Å²) in [4.78, 5) is 24.7. The van der Waals surface area contributed by atoms with Gasteiger partial charge in [-0.3, -0.25) is 15.0 Å². The number of carbonyl (C=O) groups is 2. The number of fused-ring (bicyclic) bond motifs is 1. The van der Waals surface area contributed by atoms with Crippen LogP contribution in [0.1, 0.15) is 22.0 Å². The zero-order valence-corrected chi connectivity index (χ0v) is 13.4. The number of hydrogen-bond donors (Lipinski definition) is 3. The highest BCUT2D eigenvalue weighted by atomic mass is 16.2. The van der Waals surface area contributed by atoms with Crippen LogP contribution >= 0.6 is 0 Å². The standard InChI is InChI=1S/C20H17N3O2/c24-19(14-8-2-1-3-9-14)21-18-17(22-23-20(18)25)16-12-6-10-13-7-4-5-11-15(13)16/h1-12,17-18,22H,(H,21,24)(H,23,25)/t17-,18+/m1/s1. The molecule has 5 nitrogen and oxygen atoms in total. The maximum Gasteiger partial charge on any atom is 0.258 e. The fourth-order valence-electron chi connectivity index (χ4n) is 3.20. The van der Waals surface area contributed by atoms with Crippen molar-refractivity contribution in [2.45, 2.75) is 12.1 Å². The molecular formula is C20H17N3O2. The Morgan fingerprint density at radius 1 is 0.880 bits per heavy atom. The Morgan fingerprint density at radius 2 is 1.60 bits per heavy atom. The second kappa shape index (κ2) is 6.37.